The molecule has 0 amide bonds. The average Bonchev–Trinajstić information content (AvgIpc) is 3.10. The standard InChI is InChI=1S/C19H9F5N2OS/c20-13-6-3-7-14(21)16(13)15-9-26-18(28-15)11(8-25)17(27)10-4-1-2-5-12(10)19(22,23)24/h1-7,9,11H. The summed E-state index contributed by atoms with van der Waals surface area (Å²) < 4.78 is 67.3. The maximum Gasteiger partial charge on any atom is 0.417 e. The van der Waals surface area contributed by atoms with Crippen LogP contribution in [0.3, 0.4) is 0 Å². The third-order valence-corrected chi connectivity index (χ3v) is 4.95. The molecule has 0 radical (unpaired) electrons. The van der Waals surface area contributed by atoms with Gasteiger partial charge in [0.05, 0.1) is 22.1 Å². The highest BCUT2D eigenvalue weighted by molar-refractivity contribution is 7.15. The van der Waals surface area contributed by atoms with Crippen molar-refractivity contribution in [1.29, 1.82) is 5.26 Å². The summed E-state index contributed by atoms with van der Waals surface area (Å²) in [6.07, 6.45) is -3.70. The van der Waals surface area contributed by atoms with Crippen LogP contribution in [0, 0.1) is 23.0 Å². The number of Topliss-reactive ketones (excluding diaryl/α,β-unsaturated/α-hetero) is 1. The van der Waals surface area contributed by atoms with Crippen LogP contribution in [0.2, 0.25) is 0 Å². The van der Waals surface area contributed by atoms with Crippen LogP contribution in [-0.2, 0) is 6.18 Å². The summed E-state index contributed by atoms with van der Waals surface area (Å²) >= 11 is 0.668. The van der Waals surface area contributed by atoms with Gasteiger partial charge in [-0.25, -0.2) is 13.8 Å². The highest BCUT2D eigenvalue weighted by Gasteiger charge is 2.37. The Bertz CT molecular complexity index is 1060. The van der Waals surface area contributed by atoms with E-state index in [1.165, 1.54) is 12.1 Å². The Morgan fingerprint density at radius 3 is 2.32 bits per heavy atom. The van der Waals surface area contributed by atoms with Gasteiger partial charge in [0.15, 0.2) is 11.7 Å². The second-order valence-corrected chi connectivity index (χ2v) is 6.69. The minimum absolute atomic E-state index is 0.0164. The Hall–Kier alpha value is -3.12. The lowest BCUT2D eigenvalue weighted by molar-refractivity contribution is -0.137. The molecular weight excluding hydrogens is 399 g/mol. The maximum atomic E-state index is 13.9. The van der Waals surface area contributed by atoms with Gasteiger partial charge in [-0.1, -0.05) is 24.3 Å². The van der Waals surface area contributed by atoms with E-state index in [1.807, 2.05) is 0 Å². The van der Waals surface area contributed by atoms with Crippen LogP contribution in [0.25, 0.3) is 10.4 Å². The minimum Gasteiger partial charge on any atom is -0.292 e. The van der Waals surface area contributed by atoms with Gasteiger partial charge in [-0.05, 0) is 18.2 Å². The number of nitrogens with zero attached hydrogens (tertiary/aromatic N) is 2. The largest absolute Gasteiger partial charge is 0.417 e. The van der Waals surface area contributed by atoms with Crippen molar-refractivity contribution in [3.8, 4) is 16.5 Å². The van der Waals surface area contributed by atoms with E-state index < -0.39 is 40.6 Å². The second kappa shape index (κ2) is 7.48. The molecule has 1 unspecified atom stereocenters. The number of carbonyl (C=O) groups is 1. The topological polar surface area (TPSA) is 53.8 Å². The molecule has 1 atom stereocenters. The van der Waals surface area contributed by atoms with Gasteiger partial charge >= 0.3 is 6.18 Å². The number of nitriles is 1. The molecule has 1 aromatic heterocycles. The Morgan fingerprint density at radius 2 is 1.71 bits per heavy atom. The first-order valence-corrected chi connectivity index (χ1v) is 8.56. The zero-order valence-electron chi connectivity index (χ0n) is 13.8. The molecule has 0 N–H and O–H groups in total. The molecule has 0 aliphatic carbocycles. The number of halogens is 5. The number of hydrogen-bond donors (Lipinski definition) is 0. The first kappa shape index (κ1) is 19.6. The molecule has 142 valence electrons. The Balaban J connectivity index is 2.02. The average molecular weight is 408 g/mol. The molecule has 0 bridgehead atoms. The number of alkyl halides is 3. The minimum atomic E-state index is -4.78. The molecule has 3 rings (SSSR count). The lowest BCUT2D eigenvalue weighted by Crippen LogP contribution is -2.17. The molecule has 0 saturated heterocycles. The smallest absolute Gasteiger partial charge is 0.292 e. The van der Waals surface area contributed by atoms with Crippen LogP contribution in [-0.4, -0.2) is 10.8 Å². The first-order chi connectivity index (χ1) is 13.2. The molecule has 3 nitrogen and oxygen atoms in total. The van der Waals surface area contributed by atoms with Crippen LogP contribution in [0.4, 0.5) is 22.0 Å². The summed E-state index contributed by atoms with van der Waals surface area (Å²) in [6, 6.07) is 8.96. The second-order valence-electron chi connectivity index (χ2n) is 5.63. The number of aromatic nitrogens is 1. The van der Waals surface area contributed by atoms with E-state index in [-0.39, 0.29) is 15.4 Å². The highest BCUT2D eigenvalue weighted by Crippen LogP contribution is 2.37. The fourth-order valence-corrected chi connectivity index (χ4v) is 3.61. The predicted octanol–water partition coefficient (Wildman–Crippen LogP) is 5.60. The van der Waals surface area contributed by atoms with E-state index in [0.717, 1.165) is 36.5 Å². The van der Waals surface area contributed by atoms with E-state index in [4.69, 9.17) is 0 Å². The van der Waals surface area contributed by atoms with Gasteiger partial charge in [0.25, 0.3) is 0 Å². The molecule has 1 heterocycles. The molecule has 28 heavy (non-hydrogen) atoms. The molecule has 3 aromatic rings. The number of ketones is 1. The van der Waals surface area contributed by atoms with Gasteiger partial charge in [-0.2, -0.15) is 18.4 Å². The summed E-state index contributed by atoms with van der Waals surface area (Å²) in [6.45, 7) is 0. The zero-order valence-corrected chi connectivity index (χ0v) is 14.6. The predicted molar refractivity (Wildman–Crippen MR) is 91.6 cm³/mol. The molecule has 0 saturated carbocycles. The van der Waals surface area contributed by atoms with E-state index >= 15 is 0 Å². The van der Waals surface area contributed by atoms with E-state index in [9.17, 15) is 32.0 Å². The van der Waals surface area contributed by atoms with Gasteiger partial charge < -0.3 is 0 Å². The Kier molecular flexibility index (Phi) is 5.25. The molecule has 9 heteroatoms. The summed E-state index contributed by atoms with van der Waals surface area (Å²) in [5.74, 6) is -4.46. The molecule has 0 aliphatic rings. The molecule has 0 fully saturated rings. The van der Waals surface area contributed by atoms with E-state index in [0.29, 0.717) is 11.3 Å². The van der Waals surface area contributed by atoms with Gasteiger partial charge in [0.1, 0.15) is 16.6 Å². The van der Waals surface area contributed by atoms with Crippen molar-refractivity contribution in [2.45, 2.75) is 12.1 Å². The number of benzene rings is 2. The van der Waals surface area contributed by atoms with Crippen LogP contribution in [0.1, 0.15) is 26.8 Å². The van der Waals surface area contributed by atoms with Crippen molar-refractivity contribution in [3.63, 3.8) is 0 Å². The third kappa shape index (κ3) is 3.64. The van der Waals surface area contributed by atoms with Crippen molar-refractivity contribution < 1.29 is 26.7 Å². The van der Waals surface area contributed by atoms with Gasteiger partial charge in [-0.15, -0.1) is 11.3 Å². The third-order valence-electron chi connectivity index (χ3n) is 3.87. The Labute approximate surface area is 159 Å². The fraction of sp³-hybridized carbons (Fsp3) is 0.105. The quantitative estimate of drug-likeness (QED) is 0.417. The molecule has 0 spiro atoms. The Morgan fingerprint density at radius 1 is 1.07 bits per heavy atom. The van der Waals surface area contributed by atoms with Crippen LogP contribution in [0.5, 0.6) is 0 Å². The van der Waals surface area contributed by atoms with Crippen molar-refractivity contribution in [3.05, 3.63) is 76.4 Å². The first-order valence-electron chi connectivity index (χ1n) is 7.74. The molecule has 2 aromatic carbocycles. The van der Waals surface area contributed by atoms with Crippen LogP contribution < -0.4 is 0 Å². The van der Waals surface area contributed by atoms with Crippen molar-refractivity contribution in [2.24, 2.45) is 0 Å². The normalized spacial score (nSPS) is 12.4. The zero-order chi connectivity index (χ0) is 20.5. The monoisotopic (exact) mass is 408 g/mol. The lowest BCUT2D eigenvalue weighted by atomic mass is 9.95. The van der Waals surface area contributed by atoms with Gasteiger partial charge in [0.2, 0.25) is 0 Å². The van der Waals surface area contributed by atoms with Crippen LogP contribution >= 0.6 is 11.3 Å². The summed E-state index contributed by atoms with van der Waals surface area (Å²) in [5.41, 5.74) is -2.22. The van der Waals surface area contributed by atoms with Crippen LogP contribution in [0.15, 0.2) is 48.7 Å². The maximum absolute atomic E-state index is 13.9. The van der Waals surface area contributed by atoms with Crippen molar-refractivity contribution in [2.75, 3.05) is 0 Å². The fourth-order valence-electron chi connectivity index (χ4n) is 2.60. The highest BCUT2D eigenvalue weighted by atomic mass is 32.1. The van der Waals surface area contributed by atoms with Crippen molar-refractivity contribution in [1.82, 2.24) is 4.98 Å². The lowest BCUT2D eigenvalue weighted by Gasteiger charge is -2.13. The number of thiazole rings is 1. The molecular formula is C19H9F5N2OS. The summed E-state index contributed by atoms with van der Waals surface area (Å²) in [4.78, 5) is 16.5. The number of rotatable bonds is 4. The van der Waals surface area contributed by atoms with Gasteiger partial charge in [-0.3, -0.25) is 4.79 Å². The van der Waals surface area contributed by atoms with E-state index in [1.54, 1.807) is 6.07 Å². The summed E-state index contributed by atoms with van der Waals surface area (Å²) in [5, 5.41) is 9.21. The van der Waals surface area contributed by atoms with Crippen molar-refractivity contribution >= 4 is 17.1 Å². The van der Waals surface area contributed by atoms with Gasteiger partial charge in [0, 0.05) is 11.8 Å². The number of carbonyl (C=O) groups excluding carboxylic acids is 1. The summed E-state index contributed by atoms with van der Waals surface area (Å²) in [7, 11) is 0. The molecule has 0 aliphatic heterocycles. The SMILES string of the molecule is N#CC(C(=O)c1ccccc1C(F)(F)F)c1ncc(-c2c(F)cccc2F)s1. The van der Waals surface area contributed by atoms with E-state index in [2.05, 4.69) is 4.98 Å². The number of hydrogen-bond acceptors (Lipinski definition) is 4.